The van der Waals surface area contributed by atoms with Crippen LogP contribution in [0.4, 0.5) is 10.7 Å². The third kappa shape index (κ3) is 5.29. The van der Waals surface area contributed by atoms with Gasteiger partial charge >= 0.3 is 12.0 Å². The molecule has 10 heteroatoms. The molecule has 1 unspecified atom stereocenters. The topological polar surface area (TPSA) is 127 Å². The number of hydrogen-bond acceptors (Lipinski definition) is 8. The summed E-state index contributed by atoms with van der Waals surface area (Å²) in [6.07, 6.45) is 7.06. The quantitative estimate of drug-likeness (QED) is 0.703. The molecule has 28 heavy (non-hydrogen) atoms. The zero-order chi connectivity index (χ0) is 19.8. The molecule has 2 N–H and O–H groups in total. The summed E-state index contributed by atoms with van der Waals surface area (Å²) in [6, 6.07) is 3.82. The number of ether oxygens (including phenoxy) is 1. The Morgan fingerprint density at radius 1 is 1.21 bits per heavy atom. The monoisotopic (exact) mass is 387 g/mol. The first-order valence-corrected chi connectivity index (χ1v) is 8.94. The van der Waals surface area contributed by atoms with Crippen LogP contribution >= 0.6 is 0 Å². The van der Waals surface area contributed by atoms with Gasteiger partial charge < -0.3 is 19.4 Å². The second kappa shape index (κ2) is 9.49. The van der Waals surface area contributed by atoms with Crippen molar-refractivity contribution in [1.82, 2.24) is 20.6 Å². The highest BCUT2D eigenvalue weighted by Crippen LogP contribution is 2.22. The van der Waals surface area contributed by atoms with Gasteiger partial charge in [-0.1, -0.05) is 0 Å². The van der Waals surface area contributed by atoms with Crippen molar-refractivity contribution in [2.24, 2.45) is 0 Å². The molecule has 1 fully saturated rings. The van der Waals surface area contributed by atoms with E-state index < -0.39 is 30.6 Å². The van der Waals surface area contributed by atoms with Crippen molar-refractivity contribution in [1.29, 1.82) is 0 Å². The highest BCUT2D eigenvalue weighted by Gasteiger charge is 2.32. The molecule has 0 aromatic carbocycles. The van der Waals surface area contributed by atoms with Gasteiger partial charge in [-0.3, -0.25) is 10.1 Å². The molecular weight excluding hydrogens is 366 g/mol. The molecule has 1 aliphatic heterocycles. The smallest absolute Gasteiger partial charge is 0.329 e. The molecule has 1 saturated heterocycles. The molecule has 3 rings (SSSR count). The zero-order valence-electron chi connectivity index (χ0n) is 15.2. The van der Waals surface area contributed by atoms with E-state index >= 15 is 0 Å². The Morgan fingerprint density at radius 3 is 2.79 bits per heavy atom. The number of furan rings is 1. The number of hydrogen-bond donors (Lipinski definition) is 2. The number of imide groups is 1. The average Bonchev–Trinajstić information content (AvgIpc) is 3.25. The van der Waals surface area contributed by atoms with Crippen LogP contribution in [0.2, 0.25) is 0 Å². The molecule has 2 aromatic rings. The van der Waals surface area contributed by atoms with E-state index in [0.29, 0.717) is 24.7 Å². The van der Waals surface area contributed by atoms with Crippen molar-refractivity contribution in [3.05, 3.63) is 42.6 Å². The molecule has 0 radical (unpaired) electrons. The van der Waals surface area contributed by atoms with Crippen LogP contribution in [-0.4, -0.2) is 47.1 Å². The van der Waals surface area contributed by atoms with Crippen LogP contribution in [0.5, 0.6) is 0 Å². The first-order chi connectivity index (χ1) is 13.6. The van der Waals surface area contributed by atoms with Crippen LogP contribution in [0.25, 0.3) is 0 Å². The summed E-state index contributed by atoms with van der Waals surface area (Å²) in [5, 5.41) is 4.56. The van der Waals surface area contributed by atoms with Crippen molar-refractivity contribution < 1.29 is 23.5 Å². The van der Waals surface area contributed by atoms with Crippen LogP contribution in [0.1, 0.15) is 25.0 Å². The fraction of sp³-hybridized carbons (Fsp3) is 0.389. The Kier molecular flexibility index (Phi) is 6.55. The number of rotatable bonds is 6. The lowest BCUT2D eigenvalue weighted by Crippen LogP contribution is -2.47. The largest absolute Gasteiger partial charge is 0.467 e. The number of carbonyl (C=O) groups is 3. The van der Waals surface area contributed by atoms with Crippen LogP contribution in [0.3, 0.4) is 0 Å². The van der Waals surface area contributed by atoms with Crippen molar-refractivity contribution >= 4 is 23.9 Å². The van der Waals surface area contributed by atoms with Crippen molar-refractivity contribution in [3.63, 3.8) is 0 Å². The van der Waals surface area contributed by atoms with E-state index in [9.17, 15) is 14.4 Å². The van der Waals surface area contributed by atoms with Gasteiger partial charge in [0.1, 0.15) is 11.8 Å². The van der Waals surface area contributed by atoms with Crippen LogP contribution < -0.4 is 15.5 Å². The Hall–Kier alpha value is -3.43. The summed E-state index contributed by atoms with van der Waals surface area (Å²) in [5.74, 6) is -0.262. The molecular formula is C18H21N5O5. The maximum absolute atomic E-state index is 12.4. The minimum absolute atomic E-state index is 0.139. The number of esters is 1. The summed E-state index contributed by atoms with van der Waals surface area (Å²) in [5.41, 5.74) is 0. The summed E-state index contributed by atoms with van der Waals surface area (Å²) < 4.78 is 10.2. The zero-order valence-corrected chi connectivity index (χ0v) is 15.2. The fourth-order valence-corrected chi connectivity index (χ4v) is 2.88. The molecule has 148 valence electrons. The first kappa shape index (κ1) is 19.3. The lowest BCUT2D eigenvalue weighted by molar-refractivity contribution is -0.150. The molecule has 3 amide bonds. The predicted octanol–water partition coefficient (Wildman–Crippen LogP) is 0.998. The number of urea groups is 1. The minimum atomic E-state index is -0.719. The van der Waals surface area contributed by atoms with Gasteiger partial charge in [-0.2, -0.15) is 0 Å². The van der Waals surface area contributed by atoms with Gasteiger partial charge in [0.05, 0.1) is 12.8 Å². The Morgan fingerprint density at radius 2 is 2.04 bits per heavy atom. The lowest BCUT2D eigenvalue weighted by atomic mass is 10.0. The van der Waals surface area contributed by atoms with Gasteiger partial charge in [0.15, 0.2) is 6.61 Å². The fourth-order valence-electron chi connectivity index (χ4n) is 2.88. The van der Waals surface area contributed by atoms with Gasteiger partial charge in [-0.25, -0.2) is 19.6 Å². The Bertz CT molecular complexity index is 796. The van der Waals surface area contributed by atoms with Gasteiger partial charge in [0.2, 0.25) is 5.95 Å². The number of anilines is 1. The van der Waals surface area contributed by atoms with E-state index in [1.165, 1.54) is 6.26 Å². The molecule has 0 aliphatic carbocycles. The van der Waals surface area contributed by atoms with Crippen molar-refractivity contribution in [2.45, 2.75) is 31.8 Å². The van der Waals surface area contributed by atoms with E-state index in [4.69, 9.17) is 9.15 Å². The first-order valence-electron chi connectivity index (χ1n) is 8.94. The van der Waals surface area contributed by atoms with Crippen LogP contribution in [-0.2, 0) is 20.9 Å². The summed E-state index contributed by atoms with van der Waals surface area (Å²) in [6.45, 7) is 0.220. The Balaban J connectivity index is 1.45. The second-order valence-corrected chi connectivity index (χ2v) is 6.17. The van der Waals surface area contributed by atoms with E-state index in [1.807, 2.05) is 0 Å². The van der Waals surface area contributed by atoms with E-state index in [-0.39, 0.29) is 6.54 Å². The number of carbonyl (C=O) groups excluding carboxylic acids is 3. The van der Waals surface area contributed by atoms with E-state index in [1.54, 1.807) is 35.5 Å². The van der Waals surface area contributed by atoms with Gasteiger partial charge in [0.25, 0.3) is 5.91 Å². The van der Waals surface area contributed by atoms with Gasteiger partial charge in [-0.15, -0.1) is 0 Å². The standard InChI is InChI=1S/C18H21N5O5/c24-15(22-18(26)21-11-13-5-3-10-27-13)12-28-16(25)14-6-1-2-9-23(14)17-19-7-4-8-20-17/h3-5,7-8,10,14H,1-2,6,9,11-12H2,(H2,21,22,24,26). The van der Waals surface area contributed by atoms with Crippen molar-refractivity contribution in [2.75, 3.05) is 18.1 Å². The molecule has 0 saturated carbocycles. The van der Waals surface area contributed by atoms with Crippen LogP contribution in [0.15, 0.2) is 41.3 Å². The Labute approximate surface area is 161 Å². The minimum Gasteiger partial charge on any atom is -0.467 e. The summed E-state index contributed by atoms with van der Waals surface area (Å²) >= 11 is 0. The normalized spacial score (nSPS) is 16.3. The molecule has 3 heterocycles. The maximum atomic E-state index is 12.4. The van der Waals surface area contributed by atoms with E-state index in [0.717, 1.165) is 12.8 Å². The SMILES string of the molecule is O=C(COC(=O)C1CCCCN1c1ncccn1)NC(=O)NCc1ccco1. The summed E-state index contributed by atoms with van der Waals surface area (Å²) in [7, 11) is 0. The molecule has 2 aromatic heterocycles. The van der Waals surface area contributed by atoms with Gasteiger partial charge in [0, 0.05) is 18.9 Å². The maximum Gasteiger partial charge on any atom is 0.329 e. The lowest BCUT2D eigenvalue weighted by Gasteiger charge is -2.33. The highest BCUT2D eigenvalue weighted by molar-refractivity contribution is 5.95. The third-order valence-electron chi connectivity index (χ3n) is 4.19. The molecule has 1 atom stereocenters. The number of amides is 3. The number of nitrogens with one attached hydrogen (secondary N) is 2. The number of piperidine rings is 1. The van der Waals surface area contributed by atoms with Gasteiger partial charge in [-0.05, 0) is 37.5 Å². The molecule has 10 nitrogen and oxygen atoms in total. The molecule has 0 bridgehead atoms. The molecule has 1 aliphatic rings. The van der Waals surface area contributed by atoms with Crippen molar-refractivity contribution in [3.8, 4) is 0 Å². The van der Waals surface area contributed by atoms with E-state index in [2.05, 4.69) is 20.6 Å². The van der Waals surface area contributed by atoms with Crippen LogP contribution in [0, 0.1) is 0 Å². The number of nitrogens with zero attached hydrogens (tertiary/aromatic N) is 3. The number of aromatic nitrogens is 2. The molecule has 0 spiro atoms. The second-order valence-electron chi connectivity index (χ2n) is 6.17. The average molecular weight is 387 g/mol. The predicted molar refractivity (Wildman–Crippen MR) is 97.1 cm³/mol. The third-order valence-corrected chi connectivity index (χ3v) is 4.19. The summed E-state index contributed by atoms with van der Waals surface area (Å²) in [4.78, 5) is 46.1. The highest BCUT2D eigenvalue weighted by atomic mass is 16.5.